The molecule has 1 N–H and O–H groups in total. The number of ether oxygens (including phenoxy) is 3. The van der Waals surface area contributed by atoms with E-state index in [2.05, 4.69) is 12.2 Å². The van der Waals surface area contributed by atoms with Gasteiger partial charge in [0, 0.05) is 6.04 Å². The summed E-state index contributed by atoms with van der Waals surface area (Å²) in [7, 11) is 0. The number of rotatable bonds is 9. The zero-order chi connectivity index (χ0) is 19.6. The molecule has 0 aromatic heterocycles. The smallest absolute Gasteiger partial charge is 0.338 e. The fourth-order valence-corrected chi connectivity index (χ4v) is 3.12. The lowest BCUT2D eigenvalue weighted by Crippen LogP contribution is -2.39. The summed E-state index contributed by atoms with van der Waals surface area (Å²) in [5.74, 6) is 1.02. The van der Waals surface area contributed by atoms with Crippen LogP contribution in [0.3, 0.4) is 0 Å². The molecule has 1 saturated carbocycles. The summed E-state index contributed by atoms with van der Waals surface area (Å²) >= 11 is 0. The first kappa shape index (κ1) is 21.1. The maximum absolute atomic E-state index is 12.3. The number of hydrogen-bond acceptors (Lipinski definition) is 5. The molecule has 6 nitrogen and oxygen atoms in total. The van der Waals surface area contributed by atoms with Gasteiger partial charge in [-0.05, 0) is 63.1 Å². The second-order valence-corrected chi connectivity index (χ2v) is 7.04. The Morgan fingerprint density at radius 3 is 2.48 bits per heavy atom. The van der Waals surface area contributed by atoms with E-state index in [-0.39, 0.29) is 18.6 Å². The van der Waals surface area contributed by atoms with Crippen molar-refractivity contribution in [2.24, 2.45) is 5.92 Å². The molecule has 2 rings (SSSR count). The van der Waals surface area contributed by atoms with Crippen LogP contribution in [0.15, 0.2) is 18.2 Å². The van der Waals surface area contributed by atoms with Gasteiger partial charge in [0.1, 0.15) is 0 Å². The van der Waals surface area contributed by atoms with Crippen molar-refractivity contribution in [3.63, 3.8) is 0 Å². The van der Waals surface area contributed by atoms with E-state index in [0.29, 0.717) is 30.3 Å². The summed E-state index contributed by atoms with van der Waals surface area (Å²) in [6.07, 6.45) is 5.09. The summed E-state index contributed by atoms with van der Waals surface area (Å²) in [5, 5.41) is 2.95. The van der Waals surface area contributed by atoms with Crippen molar-refractivity contribution in [1.29, 1.82) is 0 Å². The second-order valence-electron chi connectivity index (χ2n) is 7.04. The second kappa shape index (κ2) is 10.8. The Hall–Kier alpha value is -2.24. The van der Waals surface area contributed by atoms with E-state index in [0.717, 1.165) is 38.0 Å². The largest absolute Gasteiger partial charge is 0.490 e. The van der Waals surface area contributed by atoms with Crippen LogP contribution in [0.2, 0.25) is 0 Å². The predicted molar refractivity (Wildman–Crippen MR) is 103 cm³/mol. The van der Waals surface area contributed by atoms with Gasteiger partial charge in [-0.1, -0.05) is 13.8 Å². The minimum atomic E-state index is -0.551. The van der Waals surface area contributed by atoms with Gasteiger partial charge in [-0.15, -0.1) is 0 Å². The average molecular weight is 377 g/mol. The number of nitrogens with one attached hydrogen (secondary N) is 1. The van der Waals surface area contributed by atoms with Gasteiger partial charge in [0.05, 0.1) is 18.8 Å². The lowest BCUT2D eigenvalue weighted by molar-refractivity contribution is -0.125. The Balaban J connectivity index is 1.87. The van der Waals surface area contributed by atoms with Crippen molar-refractivity contribution in [1.82, 2.24) is 5.32 Å². The average Bonchev–Trinajstić information content (AvgIpc) is 2.67. The third-order valence-electron chi connectivity index (χ3n) is 4.66. The van der Waals surface area contributed by atoms with Crippen LogP contribution in [0.1, 0.15) is 63.2 Å². The van der Waals surface area contributed by atoms with Crippen LogP contribution in [0.5, 0.6) is 11.5 Å². The normalized spacial score (nSPS) is 19.2. The quantitative estimate of drug-likeness (QED) is 0.664. The molecule has 1 aromatic carbocycles. The van der Waals surface area contributed by atoms with Crippen molar-refractivity contribution in [2.75, 3.05) is 19.8 Å². The molecule has 0 spiro atoms. The maximum Gasteiger partial charge on any atom is 0.338 e. The molecule has 0 atom stereocenters. The van der Waals surface area contributed by atoms with E-state index < -0.39 is 5.97 Å². The zero-order valence-corrected chi connectivity index (χ0v) is 16.6. The number of amides is 1. The SMILES string of the molecule is CCCOc1ccc(C(=O)OCC(=O)NC2CCC(C)CC2)cc1OCC. The van der Waals surface area contributed by atoms with E-state index in [1.807, 2.05) is 13.8 Å². The number of esters is 1. The minimum Gasteiger partial charge on any atom is -0.490 e. The molecule has 150 valence electrons. The molecule has 1 amide bonds. The Bertz CT molecular complexity index is 623. The first-order chi connectivity index (χ1) is 13.0. The Kier molecular flexibility index (Phi) is 8.43. The first-order valence-electron chi connectivity index (χ1n) is 9.89. The van der Waals surface area contributed by atoms with Crippen molar-refractivity contribution < 1.29 is 23.8 Å². The number of hydrogen-bond donors (Lipinski definition) is 1. The van der Waals surface area contributed by atoms with Crippen molar-refractivity contribution in [2.45, 2.75) is 58.9 Å². The molecule has 1 aliphatic rings. The standard InChI is InChI=1S/C21H31NO5/c1-4-12-26-18-11-8-16(13-19(18)25-5-2)21(24)27-14-20(23)22-17-9-6-15(3)7-10-17/h8,11,13,15,17H,4-7,9-10,12,14H2,1-3H3,(H,22,23). The third kappa shape index (κ3) is 6.77. The van der Waals surface area contributed by atoms with Crippen LogP contribution >= 0.6 is 0 Å². The molecule has 0 bridgehead atoms. The molecule has 0 heterocycles. The highest BCUT2D eigenvalue weighted by Crippen LogP contribution is 2.29. The van der Waals surface area contributed by atoms with Gasteiger partial charge in [0.2, 0.25) is 0 Å². The van der Waals surface area contributed by atoms with Gasteiger partial charge in [-0.25, -0.2) is 4.79 Å². The molecule has 0 unspecified atom stereocenters. The van der Waals surface area contributed by atoms with Crippen molar-refractivity contribution in [3.8, 4) is 11.5 Å². The van der Waals surface area contributed by atoms with Gasteiger partial charge >= 0.3 is 5.97 Å². The van der Waals surface area contributed by atoms with Crippen LogP contribution in [0, 0.1) is 5.92 Å². The van der Waals surface area contributed by atoms with Gasteiger partial charge in [-0.3, -0.25) is 4.79 Å². The Morgan fingerprint density at radius 1 is 1.07 bits per heavy atom. The van der Waals surface area contributed by atoms with Gasteiger partial charge in [0.15, 0.2) is 18.1 Å². The van der Waals surface area contributed by atoms with Crippen LogP contribution in [0.4, 0.5) is 0 Å². The highest BCUT2D eigenvalue weighted by Gasteiger charge is 2.20. The number of carbonyl (C=O) groups is 2. The first-order valence-corrected chi connectivity index (χ1v) is 9.89. The van der Waals surface area contributed by atoms with Crippen LogP contribution in [-0.4, -0.2) is 37.7 Å². The molecule has 1 fully saturated rings. The summed E-state index contributed by atoms with van der Waals surface area (Å²) in [6, 6.07) is 5.10. The van der Waals surface area contributed by atoms with E-state index in [4.69, 9.17) is 14.2 Å². The van der Waals surface area contributed by atoms with E-state index in [9.17, 15) is 9.59 Å². The van der Waals surface area contributed by atoms with Crippen molar-refractivity contribution >= 4 is 11.9 Å². The monoisotopic (exact) mass is 377 g/mol. The number of benzene rings is 1. The molecule has 0 aliphatic heterocycles. The fourth-order valence-electron chi connectivity index (χ4n) is 3.12. The van der Waals surface area contributed by atoms with Crippen molar-refractivity contribution in [3.05, 3.63) is 23.8 Å². The zero-order valence-electron chi connectivity index (χ0n) is 16.6. The highest BCUT2D eigenvalue weighted by atomic mass is 16.5. The summed E-state index contributed by atoms with van der Waals surface area (Å²) in [6.45, 7) is 6.88. The molecule has 1 aromatic rings. The lowest BCUT2D eigenvalue weighted by atomic mass is 9.87. The molecular formula is C21H31NO5. The molecule has 0 radical (unpaired) electrons. The number of carbonyl (C=O) groups excluding carboxylic acids is 2. The van der Waals surface area contributed by atoms with Gasteiger partial charge in [-0.2, -0.15) is 0 Å². The fraction of sp³-hybridized carbons (Fsp3) is 0.619. The predicted octanol–water partition coefficient (Wildman–Crippen LogP) is 3.73. The van der Waals surface area contributed by atoms with Crippen LogP contribution < -0.4 is 14.8 Å². The Labute approximate surface area is 161 Å². The Morgan fingerprint density at radius 2 is 1.81 bits per heavy atom. The highest BCUT2D eigenvalue weighted by molar-refractivity contribution is 5.92. The van der Waals surface area contributed by atoms with Gasteiger partial charge in [0.25, 0.3) is 5.91 Å². The van der Waals surface area contributed by atoms with Crippen LogP contribution in [0.25, 0.3) is 0 Å². The van der Waals surface area contributed by atoms with Gasteiger partial charge < -0.3 is 19.5 Å². The van der Waals surface area contributed by atoms with E-state index in [1.165, 1.54) is 0 Å². The molecule has 6 heteroatoms. The molecule has 1 aliphatic carbocycles. The lowest BCUT2D eigenvalue weighted by Gasteiger charge is -2.26. The van der Waals surface area contributed by atoms with E-state index in [1.54, 1.807) is 18.2 Å². The minimum absolute atomic E-state index is 0.187. The van der Waals surface area contributed by atoms with Crippen LogP contribution in [-0.2, 0) is 9.53 Å². The third-order valence-corrected chi connectivity index (χ3v) is 4.66. The summed E-state index contributed by atoms with van der Waals surface area (Å²) < 4.78 is 16.3. The molecule has 27 heavy (non-hydrogen) atoms. The topological polar surface area (TPSA) is 73.9 Å². The van der Waals surface area contributed by atoms with E-state index >= 15 is 0 Å². The molecular weight excluding hydrogens is 346 g/mol. The summed E-state index contributed by atoms with van der Waals surface area (Å²) in [4.78, 5) is 24.3. The summed E-state index contributed by atoms with van der Waals surface area (Å²) in [5.41, 5.74) is 0.335. The maximum atomic E-state index is 12.3. The molecule has 0 saturated heterocycles.